The fraction of sp³-hybridized carbons (Fsp3) is 0.294. The Balaban J connectivity index is 2.58. The number of rotatable bonds is 3. The molecule has 2 rings (SSSR count). The molecule has 106 valence electrons. The van der Waals surface area contributed by atoms with Gasteiger partial charge in [0.2, 0.25) is 0 Å². The van der Waals surface area contributed by atoms with Gasteiger partial charge in [-0.3, -0.25) is 0 Å². The van der Waals surface area contributed by atoms with Crippen molar-refractivity contribution in [3.05, 3.63) is 63.2 Å². The summed E-state index contributed by atoms with van der Waals surface area (Å²) in [6.07, 6.45) is 0. The van der Waals surface area contributed by atoms with Crippen LogP contribution in [0.1, 0.15) is 33.9 Å². The minimum Gasteiger partial charge on any atom is -0.496 e. The Morgan fingerprint density at radius 1 is 1.05 bits per heavy atom. The maximum atomic E-state index is 6.47. The van der Waals surface area contributed by atoms with Gasteiger partial charge in [-0.15, -0.1) is 0 Å². The van der Waals surface area contributed by atoms with Crippen LogP contribution in [0.25, 0.3) is 0 Å². The zero-order chi connectivity index (χ0) is 14.9. The molecule has 0 aliphatic heterocycles. The molecular formula is C17H20ClNO. The molecule has 0 radical (unpaired) electrons. The van der Waals surface area contributed by atoms with Crippen molar-refractivity contribution in [1.29, 1.82) is 0 Å². The number of nitrogens with two attached hydrogens (primary N) is 1. The summed E-state index contributed by atoms with van der Waals surface area (Å²) in [6, 6.07) is 9.70. The maximum Gasteiger partial charge on any atom is 0.124 e. The van der Waals surface area contributed by atoms with Crippen molar-refractivity contribution in [2.24, 2.45) is 5.73 Å². The van der Waals surface area contributed by atoms with Crippen molar-refractivity contribution >= 4 is 11.6 Å². The summed E-state index contributed by atoms with van der Waals surface area (Å²) in [4.78, 5) is 0. The average molecular weight is 290 g/mol. The number of aryl methyl sites for hydroxylation is 3. The molecule has 0 aliphatic rings. The minimum atomic E-state index is -0.246. The topological polar surface area (TPSA) is 35.2 Å². The SMILES string of the molecule is COc1cc(C)cc(C)c1C(N)c1cc(Cl)ccc1C. The Bertz CT molecular complexity index is 637. The van der Waals surface area contributed by atoms with Crippen LogP contribution in [-0.2, 0) is 0 Å². The molecule has 2 aromatic carbocycles. The highest BCUT2D eigenvalue weighted by Crippen LogP contribution is 2.34. The fourth-order valence-corrected chi connectivity index (χ4v) is 2.79. The van der Waals surface area contributed by atoms with E-state index in [1.54, 1.807) is 7.11 Å². The van der Waals surface area contributed by atoms with Crippen LogP contribution < -0.4 is 10.5 Å². The van der Waals surface area contributed by atoms with Crippen molar-refractivity contribution in [2.45, 2.75) is 26.8 Å². The minimum absolute atomic E-state index is 0.246. The summed E-state index contributed by atoms with van der Waals surface area (Å²) < 4.78 is 5.51. The Morgan fingerprint density at radius 3 is 2.40 bits per heavy atom. The van der Waals surface area contributed by atoms with Crippen LogP contribution in [-0.4, -0.2) is 7.11 Å². The van der Waals surface area contributed by atoms with Gasteiger partial charge in [-0.1, -0.05) is 23.7 Å². The smallest absolute Gasteiger partial charge is 0.124 e. The molecule has 2 nitrogen and oxygen atoms in total. The molecule has 2 N–H and O–H groups in total. The average Bonchev–Trinajstić information content (AvgIpc) is 2.40. The van der Waals surface area contributed by atoms with E-state index in [2.05, 4.69) is 19.9 Å². The Kier molecular flexibility index (Phi) is 4.36. The van der Waals surface area contributed by atoms with Crippen molar-refractivity contribution < 1.29 is 4.74 Å². The van der Waals surface area contributed by atoms with Gasteiger partial charge in [0.25, 0.3) is 0 Å². The molecule has 0 saturated carbocycles. The Morgan fingerprint density at radius 2 is 1.75 bits per heavy atom. The first-order valence-corrected chi connectivity index (χ1v) is 6.98. The van der Waals surface area contributed by atoms with E-state index in [0.29, 0.717) is 5.02 Å². The van der Waals surface area contributed by atoms with E-state index in [4.69, 9.17) is 22.1 Å². The highest BCUT2D eigenvalue weighted by molar-refractivity contribution is 6.30. The molecule has 0 heterocycles. The highest BCUT2D eigenvalue weighted by atomic mass is 35.5. The quantitative estimate of drug-likeness (QED) is 0.913. The van der Waals surface area contributed by atoms with E-state index < -0.39 is 0 Å². The summed E-state index contributed by atoms with van der Waals surface area (Å²) in [6.45, 7) is 6.15. The van der Waals surface area contributed by atoms with Crippen LogP contribution in [0.2, 0.25) is 5.02 Å². The molecule has 0 aliphatic carbocycles. The molecule has 0 bridgehead atoms. The van der Waals surface area contributed by atoms with Gasteiger partial charge in [0, 0.05) is 10.6 Å². The fourth-order valence-electron chi connectivity index (χ4n) is 2.61. The van der Waals surface area contributed by atoms with Gasteiger partial charge >= 0.3 is 0 Å². The first kappa shape index (κ1) is 14.9. The lowest BCUT2D eigenvalue weighted by atomic mass is 9.91. The van der Waals surface area contributed by atoms with Crippen LogP contribution in [0.15, 0.2) is 30.3 Å². The number of hydrogen-bond donors (Lipinski definition) is 1. The van der Waals surface area contributed by atoms with E-state index in [9.17, 15) is 0 Å². The molecule has 1 unspecified atom stereocenters. The third-order valence-electron chi connectivity index (χ3n) is 3.60. The third-order valence-corrected chi connectivity index (χ3v) is 3.84. The van der Waals surface area contributed by atoms with E-state index in [-0.39, 0.29) is 6.04 Å². The highest BCUT2D eigenvalue weighted by Gasteiger charge is 2.19. The van der Waals surface area contributed by atoms with Gasteiger partial charge in [0.15, 0.2) is 0 Å². The Hall–Kier alpha value is -1.51. The monoisotopic (exact) mass is 289 g/mol. The van der Waals surface area contributed by atoms with E-state index in [0.717, 1.165) is 33.6 Å². The van der Waals surface area contributed by atoms with Gasteiger partial charge in [-0.2, -0.15) is 0 Å². The molecule has 20 heavy (non-hydrogen) atoms. The van der Waals surface area contributed by atoms with Crippen LogP contribution in [0.4, 0.5) is 0 Å². The number of benzene rings is 2. The van der Waals surface area contributed by atoms with Crippen LogP contribution in [0.3, 0.4) is 0 Å². The second-order valence-electron chi connectivity index (χ2n) is 5.18. The van der Waals surface area contributed by atoms with Gasteiger partial charge in [0.1, 0.15) is 5.75 Å². The molecule has 0 saturated heterocycles. The standard InChI is InChI=1S/C17H20ClNO/c1-10-7-12(3)16(15(8-10)20-4)17(19)14-9-13(18)6-5-11(14)2/h5-9,17H,19H2,1-4H3. The molecule has 1 atom stereocenters. The normalized spacial score (nSPS) is 12.3. The largest absolute Gasteiger partial charge is 0.496 e. The van der Waals surface area contributed by atoms with Crippen LogP contribution >= 0.6 is 11.6 Å². The number of hydrogen-bond acceptors (Lipinski definition) is 2. The second kappa shape index (κ2) is 5.86. The molecule has 0 aromatic heterocycles. The molecule has 2 aromatic rings. The lowest BCUT2D eigenvalue weighted by Gasteiger charge is -2.21. The maximum absolute atomic E-state index is 6.47. The van der Waals surface area contributed by atoms with Crippen molar-refractivity contribution in [2.75, 3.05) is 7.11 Å². The predicted molar refractivity (Wildman–Crippen MR) is 84.7 cm³/mol. The third kappa shape index (κ3) is 2.82. The van der Waals surface area contributed by atoms with Crippen LogP contribution in [0.5, 0.6) is 5.75 Å². The zero-order valence-electron chi connectivity index (χ0n) is 12.3. The van der Waals surface area contributed by atoms with Gasteiger partial charge < -0.3 is 10.5 Å². The van der Waals surface area contributed by atoms with E-state index in [1.807, 2.05) is 31.2 Å². The second-order valence-corrected chi connectivity index (χ2v) is 5.61. The lowest BCUT2D eigenvalue weighted by molar-refractivity contribution is 0.407. The Labute approximate surface area is 125 Å². The number of ether oxygens (including phenoxy) is 1. The summed E-state index contributed by atoms with van der Waals surface area (Å²) in [5.41, 5.74) is 11.9. The van der Waals surface area contributed by atoms with E-state index in [1.165, 1.54) is 0 Å². The summed E-state index contributed by atoms with van der Waals surface area (Å²) in [5.74, 6) is 0.828. The molecule has 3 heteroatoms. The lowest BCUT2D eigenvalue weighted by Crippen LogP contribution is -2.16. The van der Waals surface area contributed by atoms with Gasteiger partial charge in [-0.05, 0) is 61.2 Å². The van der Waals surface area contributed by atoms with Crippen molar-refractivity contribution in [3.8, 4) is 5.75 Å². The number of methoxy groups -OCH3 is 1. The van der Waals surface area contributed by atoms with Crippen LogP contribution in [0, 0.1) is 20.8 Å². The first-order valence-electron chi connectivity index (χ1n) is 6.60. The zero-order valence-corrected chi connectivity index (χ0v) is 13.1. The molecule has 0 spiro atoms. The van der Waals surface area contributed by atoms with Crippen molar-refractivity contribution in [1.82, 2.24) is 0 Å². The molecular weight excluding hydrogens is 270 g/mol. The predicted octanol–water partition coefficient (Wildman–Crippen LogP) is 4.32. The molecule has 0 amide bonds. The summed E-state index contributed by atoms with van der Waals surface area (Å²) in [7, 11) is 1.68. The first-order chi connectivity index (χ1) is 9.43. The van der Waals surface area contributed by atoms with Gasteiger partial charge in [0.05, 0.1) is 13.2 Å². The van der Waals surface area contributed by atoms with Crippen molar-refractivity contribution in [3.63, 3.8) is 0 Å². The molecule has 0 fully saturated rings. The van der Waals surface area contributed by atoms with Gasteiger partial charge in [-0.25, -0.2) is 0 Å². The van der Waals surface area contributed by atoms with E-state index >= 15 is 0 Å². The summed E-state index contributed by atoms with van der Waals surface area (Å²) in [5, 5.41) is 0.699. The number of halogens is 1. The summed E-state index contributed by atoms with van der Waals surface area (Å²) >= 11 is 6.10.